The standard InChI is InChI=1S/C12H10BrNO3/c1-2-17-12(16)5-9-10(6-14)8(7-15)3-4-11(9)13/h3-4,7H,2,5H2,1H3. The summed E-state index contributed by atoms with van der Waals surface area (Å²) in [6, 6.07) is 5.10. The van der Waals surface area contributed by atoms with E-state index in [0.29, 0.717) is 16.3 Å². The molecule has 0 saturated heterocycles. The molecule has 0 saturated carbocycles. The summed E-state index contributed by atoms with van der Waals surface area (Å²) in [6.45, 7) is 1.99. The fraction of sp³-hybridized carbons (Fsp3) is 0.250. The topological polar surface area (TPSA) is 67.2 Å². The van der Waals surface area contributed by atoms with Crippen molar-refractivity contribution in [2.24, 2.45) is 0 Å². The van der Waals surface area contributed by atoms with E-state index in [1.165, 1.54) is 6.07 Å². The number of nitrogens with zero attached hydrogens (tertiary/aromatic N) is 1. The van der Waals surface area contributed by atoms with Gasteiger partial charge < -0.3 is 4.74 Å². The van der Waals surface area contributed by atoms with Crippen LogP contribution in [0, 0.1) is 11.3 Å². The molecule has 0 N–H and O–H groups in total. The number of aldehydes is 1. The first-order valence-corrected chi connectivity index (χ1v) is 5.75. The molecule has 0 aliphatic carbocycles. The van der Waals surface area contributed by atoms with E-state index in [9.17, 15) is 9.59 Å². The van der Waals surface area contributed by atoms with Crippen molar-refractivity contribution in [3.8, 4) is 6.07 Å². The predicted octanol–water partition coefficient (Wildman–Crippen LogP) is 2.24. The number of halogens is 1. The van der Waals surface area contributed by atoms with E-state index in [0.717, 1.165) is 0 Å². The summed E-state index contributed by atoms with van der Waals surface area (Å²) >= 11 is 3.26. The molecule has 1 aromatic rings. The first-order valence-electron chi connectivity index (χ1n) is 4.96. The van der Waals surface area contributed by atoms with E-state index < -0.39 is 5.97 Å². The average molecular weight is 296 g/mol. The van der Waals surface area contributed by atoms with Crippen molar-refractivity contribution in [3.63, 3.8) is 0 Å². The van der Waals surface area contributed by atoms with Gasteiger partial charge in [0.1, 0.15) is 6.07 Å². The van der Waals surface area contributed by atoms with Crippen molar-refractivity contribution in [2.45, 2.75) is 13.3 Å². The van der Waals surface area contributed by atoms with Crippen LogP contribution in [-0.2, 0) is 16.0 Å². The molecule has 4 nitrogen and oxygen atoms in total. The van der Waals surface area contributed by atoms with Crippen molar-refractivity contribution < 1.29 is 14.3 Å². The lowest BCUT2D eigenvalue weighted by atomic mass is 10.0. The molecule has 0 atom stereocenters. The van der Waals surface area contributed by atoms with E-state index in [1.807, 2.05) is 6.07 Å². The molecule has 5 heteroatoms. The van der Waals surface area contributed by atoms with E-state index in [2.05, 4.69) is 15.9 Å². The van der Waals surface area contributed by atoms with E-state index >= 15 is 0 Å². The van der Waals surface area contributed by atoms with Crippen molar-refractivity contribution in [1.29, 1.82) is 5.26 Å². The van der Waals surface area contributed by atoms with Crippen LogP contribution < -0.4 is 0 Å². The smallest absolute Gasteiger partial charge is 0.310 e. The van der Waals surface area contributed by atoms with Gasteiger partial charge in [0.15, 0.2) is 6.29 Å². The molecule has 0 aliphatic rings. The molecule has 1 aromatic carbocycles. The molecule has 0 aromatic heterocycles. The fourth-order valence-corrected chi connectivity index (χ4v) is 1.87. The maximum Gasteiger partial charge on any atom is 0.310 e. The molecule has 1 rings (SSSR count). The normalized spacial score (nSPS) is 9.47. The molecular formula is C12H10BrNO3. The summed E-state index contributed by atoms with van der Waals surface area (Å²) in [5, 5.41) is 9.02. The minimum absolute atomic E-state index is 0.0288. The predicted molar refractivity (Wildman–Crippen MR) is 64.6 cm³/mol. The average Bonchev–Trinajstić information content (AvgIpc) is 2.31. The largest absolute Gasteiger partial charge is 0.466 e. The zero-order valence-electron chi connectivity index (χ0n) is 9.20. The number of carbonyl (C=O) groups is 2. The third-order valence-electron chi connectivity index (χ3n) is 2.15. The van der Waals surface area contributed by atoms with E-state index in [4.69, 9.17) is 10.00 Å². The van der Waals surface area contributed by atoms with Gasteiger partial charge in [0.05, 0.1) is 18.6 Å². The second kappa shape index (κ2) is 6.16. The monoisotopic (exact) mass is 295 g/mol. The Morgan fingerprint density at radius 3 is 2.82 bits per heavy atom. The Labute approximate surface area is 107 Å². The number of hydrogen-bond donors (Lipinski definition) is 0. The Bertz CT molecular complexity index is 491. The summed E-state index contributed by atoms with van der Waals surface area (Å²) in [4.78, 5) is 22.2. The molecule has 17 heavy (non-hydrogen) atoms. The van der Waals surface area contributed by atoms with Gasteiger partial charge in [-0.05, 0) is 24.6 Å². The number of hydrogen-bond acceptors (Lipinski definition) is 4. The Balaban J connectivity index is 3.17. The Morgan fingerprint density at radius 1 is 1.59 bits per heavy atom. The van der Waals surface area contributed by atoms with Crippen LogP contribution in [0.3, 0.4) is 0 Å². The molecule has 0 amide bonds. The van der Waals surface area contributed by atoms with Crippen LogP contribution in [-0.4, -0.2) is 18.9 Å². The zero-order chi connectivity index (χ0) is 12.8. The number of esters is 1. The Hall–Kier alpha value is -1.67. The maximum atomic E-state index is 11.4. The van der Waals surface area contributed by atoms with Crippen LogP contribution in [0.15, 0.2) is 16.6 Å². The van der Waals surface area contributed by atoms with Crippen molar-refractivity contribution >= 4 is 28.2 Å². The van der Waals surface area contributed by atoms with Crippen molar-refractivity contribution in [2.75, 3.05) is 6.61 Å². The van der Waals surface area contributed by atoms with E-state index in [-0.39, 0.29) is 24.2 Å². The van der Waals surface area contributed by atoms with Crippen LogP contribution in [0.4, 0.5) is 0 Å². The summed E-state index contributed by atoms with van der Waals surface area (Å²) in [6.07, 6.45) is 0.568. The van der Waals surface area contributed by atoms with Crippen molar-refractivity contribution in [3.05, 3.63) is 33.3 Å². The number of rotatable bonds is 4. The minimum atomic E-state index is -0.423. The van der Waals surface area contributed by atoms with Gasteiger partial charge in [0.25, 0.3) is 0 Å². The Kier molecular flexibility index (Phi) is 4.85. The van der Waals surface area contributed by atoms with Gasteiger partial charge in [-0.2, -0.15) is 5.26 Å². The highest BCUT2D eigenvalue weighted by Gasteiger charge is 2.15. The molecule has 0 bridgehead atoms. The second-order valence-corrected chi connectivity index (χ2v) is 4.06. The SMILES string of the molecule is CCOC(=O)Cc1c(Br)ccc(C=O)c1C#N. The van der Waals surface area contributed by atoms with Crippen LogP contribution >= 0.6 is 15.9 Å². The summed E-state index contributed by atoms with van der Waals surface area (Å²) in [7, 11) is 0. The zero-order valence-corrected chi connectivity index (χ0v) is 10.8. The quantitative estimate of drug-likeness (QED) is 0.631. The molecule has 0 heterocycles. The number of ether oxygens (including phenoxy) is 1. The van der Waals surface area contributed by atoms with Gasteiger partial charge in [-0.25, -0.2) is 0 Å². The summed E-state index contributed by atoms with van der Waals surface area (Å²) in [5.41, 5.74) is 0.966. The van der Waals surface area contributed by atoms with Gasteiger partial charge >= 0.3 is 5.97 Å². The maximum absolute atomic E-state index is 11.4. The highest BCUT2D eigenvalue weighted by Crippen LogP contribution is 2.23. The van der Waals surface area contributed by atoms with Crippen molar-refractivity contribution in [1.82, 2.24) is 0 Å². The van der Waals surface area contributed by atoms with Gasteiger partial charge in [0.2, 0.25) is 0 Å². The lowest BCUT2D eigenvalue weighted by molar-refractivity contribution is -0.142. The van der Waals surface area contributed by atoms with Gasteiger partial charge in [0, 0.05) is 10.0 Å². The lowest BCUT2D eigenvalue weighted by Crippen LogP contribution is -2.10. The molecule has 88 valence electrons. The molecule has 0 aliphatic heterocycles. The number of carbonyl (C=O) groups excluding carboxylic acids is 2. The van der Waals surface area contributed by atoms with Crippen LogP contribution in [0.2, 0.25) is 0 Å². The summed E-state index contributed by atoms with van der Waals surface area (Å²) < 4.78 is 5.43. The third kappa shape index (κ3) is 3.14. The van der Waals surface area contributed by atoms with Gasteiger partial charge in [-0.1, -0.05) is 15.9 Å². The Morgan fingerprint density at radius 2 is 2.29 bits per heavy atom. The molecule has 0 unspecified atom stereocenters. The highest BCUT2D eigenvalue weighted by molar-refractivity contribution is 9.10. The minimum Gasteiger partial charge on any atom is -0.466 e. The number of nitriles is 1. The second-order valence-electron chi connectivity index (χ2n) is 3.20. The first-order chi connectivity index (χ1) is 8.13. The third-order valence-corrected chi connectivity index (χ3v) is 2.90. The molecule has 0 fully saturated rings. The molecular weight excluding hydrogens is 286 g/mol. The lowest BCUT2D eigenvalue weighted by Gasteiger charge is -2.08. The first kappa shape index (κ1) is 13.4. The van der Waals surface area contributed by atoms with E-state index in [1.54, 1.807) is 13.0 Å². The molecule has 0 spiro atoms. The molecule has 0 radical (unpaired) electrons. The fourth-order valence-electron chi connectivity index (χ4n) is 1.40. The van der Waals surface area contributed by atoms with Crippen LogP contribution in [0.25, 0.3) is 0 Å². The highest BCUT2D eigenvalue weighted by atomic mass is 79.9. The van der Waals surface area contributed by atoms with Gasteiger partial charge in [-0.15, -0.1) is 0 Å². The van der Waals surface area contributed by atoms with Gasteiger partial charge in [-0.3, -0.25) is 9.59 Å². The van der Waals surface area contributed by atoms with Crippen LogP contribution in [0.1, 0.15) is 28.4 Å². The summed E-state index contributed by atoms with van der Waals surface area (Å²) in [5.74, 6) is -0.423. The van der Waals surface area contributed by atoms with Crippen LogP contribution in [0.5, 0.6) is 0 Å². The number of benzene rings is 1.